The van der Waals surface area contributed by atoms with Gasteiger partial charge in [-0.3, -0.25) is 4.57 Å². The summed E-state index contributed by atoms with van der Waals surface area (Å²) in [5.41, 5.74) is 3.51. The Balaban J connectivity index is 2.95. The van der Waals surface area contributed by atoms with E-state index in [9.17, 15) is 5.26 Å². The molecule has 3 heteroatoms. The predicted octanol–water partition coefficient (Wildman–Crippen LogP) is 3.55. The first-order valence-electron chi connectivity index (χ1n) is 6.55. The number of aromatic nitrogens is 1. The molecule has 0 spiro atoms. The van der Waals surface area contributed by atoms with Gasteiger partial charge in [-0.1, -0.05) is 37.8 Å². The van der Waals surface area contributed by atoms with Gasteiger partial charge in [-0.2, -0.15) is 5.26 Å². The van der Waals surface area contributed by atoms with Crippen LogP contribution in [0.5, 0.6) is 0 Å². The lowest BCUT2D eigenvalue weighted by molar-refractivity contribution is 1.16. The zero-order valence-electron chi connectivity index (χ0n) is 12.1. The highest BCUT2D eigenvalue weighted by molar-refractivity contribution is 6.88. The van der Waals surface area contributed by atoms with Crippen LogP contribution in [0.2, 0.25) is 19.6 Å². The highest BCUT2D eigenvalue weighted by atomic mass is 28.3. The molecular weight excluding hydrogens is 248 g/mol. The van der Waals surface area contributed by atoms with Crippen LogP contribution in [0, 0.1) is 18.4 Å². The number of hydrogen-bond acceptors (Lipinski definition) is 1. The quantitative estimate of drug-likeness (QED) is 0.618. The minimum absolute atomic E-state index is 0.827. The lowest BCUT2D eigenvalue weighted by Crippen LogP contribution is -2.44. The minimum atomic E-state index is -1.59. The van der Waals surface area contributed by atoms with Crippen LogP contribution >= 0.6 is 0 Å². The van der Waals surface area contributed by atoms with Crippen LogP contribution in [-0.2, 0) is 6.42 Å². The van der Waals surface area contributed by atoms with Gasteiger partial charge in [0.15, 0.2) is 6.19 Å². The molecule has 0 aliphatic heterocycles. The van der Waals surface area contributed by atoms with E-state index in [2.05, 4.69) is 57.5 Å². The summed E-state index contributed by atoms with van der Waals surface area (Å²) in [6.45, 7) is 12.8. The summed E-state index contributed by atoms with van der Waals surface area (Å²) in [6, 6.07) is 6.36. The van der Waals surface area contributed by atoms with Crippen molar-refractivity contribution in [2.75, 3.05) is 0 Å². The maximum absolute atomic E-state index is 9.56. The Hall–Kier alpha value is -1.79. The molecule has 2 rings (SSSR count). The highest BCUT2D eigenvalue weighted by Gasteiger charge is 2.27. The van der Waals surface area contributed by atoms with Crippen molar-refractivity contribution in [3.8, 4) is 6.19 Å². The summed E-state index contributed by atoms with van der Waals surface area (Å²) in [6.07, 6.45) is 5.13. The van der Waals surface area contributed by atoms with E-state index in [0.717, 1.165) is 11.9 Å². The molecule has 0 amide bonds. The van der Waals surface area contributed by atoms with Crippen molar-refractivity contribution in [1.29, 1.82) is 5.26 Å². The first-order valence-corrected chi connectivity index (χ1v) is 10.1. The first kappa shape index (κ1) is 13.6. The van der Waals surface area contributed by atoms with Crippen LogP contribution in [-0.4, -0.2) is 12.6 Å². The summed E-state index contributed by atoms with van der Waals surface area (Å²) in [4.78, 5) is 0. The van der Waals surface area contributed by atoms with Crippen LogP contribution in [0.25, 0.3) is 10.9 Å². The number of hydrogen-bond donors (Lipinski definition) is 0. The van der Waals surface area contributed by atoms with Gasteiger partial charge >= 0.3 is 0 Å². The molecule has 19 heavy (non-hydrogen) atoms. The summed E-state index contributed by atoms with van der Waals surface area (Å²) in [5, 5.41) is 12.0. The van der Waals surface area contributed by atoms with Gasteiger partial charge in [-0.05, 0) is 30.5 Å². The Labute approximate surface area is 116 Å². The topological polar surface area (TPSA) is 28.7 Å². The average Bonchev–Trinajstić information content (AvgIpc) is 2.62. The zero-order valence-corrected chi connectivity index (χ0v) is 13.1. The Morgan fingerprint density at radius 1 is 1.37 bits per heavy atom. The summed E-state index contributed by atoms with van der Waals surface area (Å²) >= 11 is 0. The van der Waals surface area contributed by atoms with Gasteiger partial charge in [-0.15, -0.1) is 6.58 Å². The molecule has 0 saturated carbocycles. The summed E-state index contributed by atoms with van der Waals surface area (Å²) in [5.74, 6) is 0. The van der Waals surface area contributed by atoms with Crippen molar-refractivity contribution in [2.24, 2.45) is 0 Å². The number of rotatable bonds is 3. The smallest absolute Gasteiger partial charge is 0.188 e. The molecule has 0 N–H and O–H groups in total. The fourth-order valence-corrected chi connectivity index (χ4v) is 4.69. The van der Waals surface area contributed by atoms with E-state index in [0.29, 0.717) is 0 Å². The molecule has 0 fully saturated rings. The molecule has 1 aromatic carbocycles. The van der Waals surface area contributed by atoms with E-state index in [1.807, 2.05) is 10.6 Å². The van der Waals surface area contributed by atoms with Crippen molar-refractivity contribution in [1.82, 2.24) is 4.57 Å². The zero-order chi connectivity index (χ0) is 14.2. The Morgan fingerprint density at radius 3 is 2.58 bits per heavy atom. The predicted molar refractivity (Wildman–Crippen MR) is 84.6 cm³/mol. The molecule has 0 atom stereocenters. The fraction of sp³-hybridized carbons (Fsp3) is 0.312. The second-order valence-electron chi connectivity index (χ2n) is 6.03. The number of aryl methyl sites for hydroxylation is 1. The number of allylic oxidation sites excluding steroid dienone is 1. The molecule has 0 radical (unpaired) electrons. The van der Waals surface area contributed by atoms with Gasteiger partial charge in [0.1, 0.15) is 8.07 Å². The fourth-order valence-electron chi connectivity index (χ4n) is 2.71. The molecular formula is C16H20N2Si. The maximum atomic E-state index is 9.56. The van der Waals surface area contributed by atoms with Crippen LogP contribution < -0.4 is 5.32 Å². The number of nitriles is 1. The minimum Gasteiger partial charge on any atom is -0.255 e. The van der Waals surface area contributed by atoms with E-state index >= 15 is 0 Å². The maximum Gasteiger partial charge on any atom is 0.188 e. The van der Waals surface area contributed by atoms with Crippen LogP contribution in [0.15, 0.2) is 30.9 Å². The molecule has 0 saturated heterocycles. The first-order chi connectivity index (χ1) is 8.90. The Bertz CT molecular complexity index is 681. The third kappa shape index (κ3) is 2.24. The lowest BCUT2D eigenvalue weighted by atomic mass is 10.1. The lowest BCUT2D eigenvalue weighted by Gasteiger charge is -2.18. The van der Waals surface area contributed by atoms with Crippen molar-refractivity contribution in [3.63, 3.8) is 0 Å². The summed E-state index contributed by atoms with van der Waals surface area (Å²) < 4.78 is 1.84. The Kier molecular flexibility index (Phi) is 3.38. The van der Waals surface area contributed by atoms with Gasteiger partial charge in [0.05, 0.1) is 5.52 Å². The van der Waals surface area contributed by atoms with E-state index in [1.165, 1.54) is 21.8 Å². The van der Waals surface area contributed by atoms with E-state index < -0.39 is 8.07 Å². The van der Waals surface area contributed by atoms with Crippen molar-refractivity contribution < 1.29 is 0 Å². The van der Waals surface area contributed by atoms with Gasteiger partial charge in [0.2, 0.25) is 0 Å². The van der Waals surface area contributed by atoms with Crippen LogP contribution in [0.4, 0.5) is 0 Å². The number of fused-ring (bicyclic) bond motifs is 1. The molecule has 0 unspecified atom stereocenters. The molecule has 98 valence electrons. The molecule has 0 aliphatic carbocycles. The number of benzene rings is 1. The average molecular weight is 268 g/mol. The van der Waals surface area contributed by atoms with Crippen molar-refractivity contribution in [2.45, 2.75) is 33.0 Å². The Morgan fingerprint density at radius 2 is 2.05 bits per heavy atom. The molecule has 1 aromatic heterocycles. The van der Waals surface area contributed by atoms with Crippen LogP contribution in [0.1, 0.15) is 11.1 Å². The highest BCUT2D eigenvalue weighted by Crippen LogP contribution is 2.24. The standard InChI is InChI=1S/C16H20N2Si/c1-6-7-14-13-9-8-12(2)10-15(13)18(11-17)16(14)19(3,4)5/h6,8-10H,1,7H2,2-5H3. The largest absolute Gasteiger partial charge is 0.255 e. The SMILES string of the molecule is C=CCc1c([Si](C)(C)C)n(C#N)c2cc(C)ccc12. The second kappa shape index (κ2) is 4.71. The molecule has 1 heterocycles. The third-order valence-electron chi connectivity index (χ3n) is 3.39. The number of nitrogens with zero attached hydrogens (tertiary/aromatic N) is 2. The van der Waals surface area contributed by atoms with Gasteiger partial charge in [-0.25, -0.2) is 0 Å². The van der Waals surface area contributed by atoms with Crippen molar-refractivity contribution >= 4 is 24.3 Å². The summed E-state index contributed by atoms with van der Waals surface area (Å²) in [7, 11) is -1.59. The van der Waals surface area contributed by atoms with Crippen molar-refractivity contribution in [3.05, 3.63) is 42.0 Å². The van der Waals surface area contributed by atoms with E-state index in [1.54, 1.807) is 0 Å². The van der Waals surface area contributed by atoms with Gasteiger partial charge in [0, 0.05) is 10.7 Å². The van der Waals surface area contributed by atoms with Gasteiger partial charge in [0.25, 0.3) is 0 Å². The normalized spacial score (nSPS) is 11.5. The van der Waals surface area contributed by atoms with Crippen LogP contribution in [0.3, 0.4) is 0 Å². The molecule has 0 bridgehead atoms. The molecule has 2 nitrogen and oxygen atoms in total. The molecule has 2 aromatic rings. The second-order valence-corrected chi connectivity index (χ2v) is 11.0. The van der Waals surface area contributed by atoms with E-state index in [-0.39, 0.29) is 0 Å². The molecule has 0 aliphatic rings. The van der Waals surface area contributed by atoms with Gasteiger partial charge < -0.3 is 0 Å². The van der Waals surface area contributed by atoms with E-state index in [4.69, 9.17) is 0 Å². The third-order valence-corrected chi connectivity index (χ3v) is 5.33. The monoisotopic (exact) mass is 268 g/mol.